The van der Waals surface area contributed by atoms with Crippen molar-refractivity contribution in [2.45, 2.75) is 25.7 Å². The Kier molecular flexibility index (Phi) is 4.85. The molecule has 0 radical (unpaired) electrons. The lowest BCUT2D eigenvalue weighted by atomic mass is 9.95. The van der Waals surface area contributed by atoms with Crippen molar-refractivity contribution in [1.82, 2.24) is 20.0 Å². The zero-order chi connectivity index (χ0) is 16.1. The summed E-state index contributed by atoms with van der Waals surface area (Å²) < 4.78 is 4.76. The Labute approximate surface area is 135 Å². The first-order chi connectivity index (χ1) is 11.3. The topological polar surface area (TPSA) is 84.2 Å². The first-order valence-corrected chi connectivity index (χ1v) is 7.94. The Morgan fingerprint density at radius 3 is 2.96 bits per heavy atom. The third-order valence-electron chi connectivity index (χ3n) is 4.25. The standard InChI is InChI=1S/C16H21N5O2/c1-17-15-11-18-13(10-19-15)9-12-3-2-6-21(7-4-12)16(22)14-5-8-23-20-14/h5,8,10-12H,2-4,6-7,9H2,1H3,(H,17,19). The van der Waals surface area contributed by atoms with Gasteiger partial charge in [-0.05, 0) is 31.6 Å². The number of nitrogens with zero attached hydrogens (tertiary/aromatic N) is 4. The van der Waals surface area contributed by atoms with Crippen molar-refractivity contribution >= 4 is 11.7 Å². The van der Waals surface area contributed by atoms with Gasteiger partial charge in [0.25, 0.3) is 5.91 Å². The molecular weight excluding hydrogens is 294 g/mol. The first kappa shape index (κ1) is 15.5. The van der Waals surface area contributed by atoms with E-state index in [0.29, 0.717) is 11.6 Å². The Morgan fingerprint density at radius 2 is 2.26 bits per heavy atom. The van der Waals surface area contributed by atoms with Crippen molar-refractivity contribution < 1.29 is 9.32 Å². The average molecular weight is 315 g/mol. The molecule has 1 N–H and O–H groups in total. The molecule has 23 heavy (non-hydrogen) atoms. The number of hydrogen-bond donors (Lipinski definition) is 1. The summed E-state index contributed by atoms with van der Waals surface area (Å²) in [7, 11) is 1.83. The van der Waals surface area contributed by atoms with Gasteiger partial charge in [0.2, 0.25) is 0 Å². The summed E-state index contributed by atoms with van der Waals surface area (Å²) in [5.41, 5.74) is 1.39. The van der Waals surface area contributed by atoms with E-state index in [1.54, 1.807) is 12.3 Å². The molecule has 2 aromatic rings. The summed E-state index contributed by atoms with van der Waals surface area (Å²) in [6, 6.07) is 1.61. The van der Waals surface area contributed by atoms with Crippen LogP contribution in [0.25, 0.3) is 0 Å². The number of nitrogens with one attached hydrogen (secondary N) is 1. The van der Waals surface area contributed by atoms with E-state index in [4.69, 9.17) is 4.52 Å². The van der Waals surface area contributed by atoms with Crippen LogP contribution in [0.4, 0.5) is 5.82 Å². The molecule has 0 spiro atoms. The van der Waals surface area contributed by atoms with Crippen molar-refractivity contribution in [3.63, 3.8) is 0 Å². The molecule has 1 fully saturated rings. The Bertz CT molecular complexity index is 626. The van der Waals surface area contributed by atoms with E-state index < -0.39 is 0 Å². The predicted octanol–water partition coefficient (Wildman–Crippen LogP) is 1.99. The van der Waals surface area contributed by atoms with Crippen LogP contribution in [0, 0.1) is 5.92 Å². The zero-order valence-corrected chi connectivity index (χ0v) is 13.2. The molecule has 3 heterocycles. The Balaban J connectivity index is 1.56. The minimum atomic E-state index is -0.0439. The molecule has 3 rings (SSSR count). The van der Waals surface area contributed by atoms with Crippen LogP contribution in [0.2, 0.25) is 0 Å². The molecular formula is C16H21N5O2. The highest BCUT2D eigenvalue weighted by Gasteiger charge is 2.23. The lowest BCUT2D eigenvalue weighted by molar-refractivity contribution is 0.0749. The van der Waals surface area contributed by atoms with E-state index in [1.807, 2.05) is 18.1 Å². The number of hydrogen-bond acceptors (Lipinski definition) is 6. The van der Waals surface area contributed by atoms with Gasteiger partial charge in [0.05, 0.1) is 18.1 Å². The summed E-state index contributed by atoms with van der Waals surface area (Å²) in [4.78, 5) is 22.9. The highest BCUT2D eigenvalue weighted by molar-refractivity contribution is 5.92. The molecule has 1 unspecified atom stereocenters. The van der Waals surface area contributed by atoms with E-state index in [-0.39, 0.29) is 5.91 Å². The molecule has 1 atom stereocenters. The molecule has 0 saturated carbocycles. The van der Waals surface area contributed by atoms with Crippen molar-refractivity contribution in [1.29, 1.82) is 0 Å². The maximum Gasteiger partial charge on any atom is 0.276 e. The second kappa shape index (κ2) is 7.21. The van der Waals surface area contributed by atoms with Gasteiger partial charge in [-0.2, -0.15) is 0 Å². The monoisotopic (exact) mass is 315 g/mol. The Morgan fingerprint density at radius 1 is 1.35 bits per heavy atom. The number of rotatable bonds is 4. The van der Waals surface area contributed by atoms with Crippen molar-refractivity contribution in [3.05, 3.63) is 36.1 Å². The largest absolute Gasteiger partial charge is 0.372 e. The number of carbonyl (C=O) groups is 1. The normalized spacial score (nSPS) is 18.5. The lowest BCUT2D eigenvalue weighted by Gasteiger charge is -2.19. The van der Waals surface area contributed by atoms with Gasteiger partial charge in [-0.15, -0.1) is 0 Å². The van der Waals surface area contributed by atoms with Crippen molar-refractivity contribution in [2.75, 3.05) is 25.5 Å². The van der Waals surface area contributed by atoms with Crippen molar-refractivity contribution in [3.8, 4) is 0 Å². The van der Waals surface area contributed by atoms with Gasteiger partial charge < -0.3 is 14.7 Å². The summed E-state index contributed by atoms with van der Waals surface area (Å²) in [5.74, 6) is 1.26. The quantitative estimate of drug-likeness (QED) is 0.929. The number of amides is 1. The highest BCUT2D eigenvalue weighted by Crippen LogP contribution is 2.22. The summed E-state index contributed by atoms with van der Waals surface area (Å²) in [6.45, 7) is 1.52. The van der Waals surface area contributed by atoms with E-state index >= 15 is 0 Å². The van der Waals surface area contributed by atoms with Crippen LogP contribution in [-0.4, -0.2) is 46.1 Å². The number of likely N-dealkylation sites (tertiary alicyclic amines) is 1. The maximum atomic E-state index is 12.3. The third kappa shape index (κ3) is 3.85. The van der Waals surface area contributed by atoms with Crippen LogP contribution in [0.5, 0.6) is 0 Å². The first-order valence-electron chi connectivity index (χ1n) is 7.94. The minimum Gasteiger partial charge on any atom is -0.372 e. The van der Waals surface area contributed by atoms with E-state index in [1.165, 1.54) is 6.26 Å². The molecule has 7 nitrogen and oxygen atoms in total. The van der Waals surface area contributed by atoms with Crippen LogP contribution < -0.4 is 5.32 Å². The molecule has 0 aromatic carbocycles. The smallest absolute Gasteiger partial charge is 0.276 e. The summed E-state index contributed by atoms with van der Waals surface area (Å²) >= 11 is 0. The maximum absolute atomic E-state index is 12.3. The van der Waals surface area contributed by atoms with Crippen molar-refractivity contribution in [2.24, 2.45) is 5.92 Å². The molecule has 1 aliphatic rings. The molecule has 2 aromatic heterocycles. The third-order valence-corrected chi connectivity index (χ3v) is 4.25. The van der Waals surface area contributed by atoms with Gasteiger partial charge in [0.1, 0.15) is 12.1 Å². The second-order valence-electron chi connectivity index (χ2n) is 5.82. The fourth-order valence-corrected chi connectivity index (χ4v) is 2.94. The van der Waals surface area contributed by atoms with E-state index in [9.17, 15) is 4.79 Å². The highest BCUT2D eigenvalue weighted by atomic mass is 16.5. The Hall–Kier alpha value is -2.44. The molecule has 0 bridgehead atoms. The summed E-state index contributed by atoms with van der Waals surface area (Å²) in [5, 5.41) is 6.70. The predicted molar refractivity (Wildman–Crippen MR) is 85.0 cm³/mol. The SMILES string of the molecule is CNc1cnc(CC2CCCN(C(=O)c3ccon3)CC2)cn1. The van der Waals surface area contributed by atoms with Gasteiger partial charge in [0.15, 0.2) is 5.69 Å². The number of anilines is 1. The summed E-state index contributed by atoms with van der Waals surface area (Å²) in [6.07, 6.45) is 8.99. The zero-order valence-electron chi connectivity index (χ0n) is 13.2. The van der Waals surface area contributed by atoms with Gasteiger partial charge in [-0.3, -0.25) is 9.78 Å². The van der Waals surface area contributed by atoms with Gasteiger partial charge in [0, 0.05) is 26.2 Å². The van der Waals surface area contributed by atoms with Crippen LogP contribution in [0.1, 0.15) is 35.4 Å². The lowest BCUT2D eigenvalue weighted by Crippen LogP contribution is -2.32. The van der Waals surface area contributed by atoms with Crippen LogP contribution in [0.15, 0.2) is 29.2 Å². The molecule has 122 valence electrons. The fourth-order valence-electron chi connectivity index (χ4n) is 2.94. The second-order valence-corrected chi connectivity index (χ2v) is 5.82. The van der Waals surface area contributed by atoms with E-state index in [2.05, 4.69) is 20.4 Å². The van der Waals surface area contributed by atoms with Crippen LogP contribution in [0.3, 0.4) is 0 Å². The van der Waals surface area contributed by atoms with Gasteiger partial charge in [-0.25, -0.2) is 4.98 Å². The van der Waals surface area contributed by atoms with Gasteiger partial charge in [-0.1, -0.05) is 5.16 Å². The number of carbonyl (C=O) groups excluding carboxylic acids is 1. The molecule has 1 saturated heterocycles. The average Bonchev–Trinajstić information content (AvgIpc) is 3.02. The molecule has 1 aliphatic heterocycles. The van der Waals surface area contributed by atoms with Gasteiger partial charge >= 0.3 is 0 Å². The minimum absolute atomic E-state index is 0.0439. The molecule has 1 amide bonds. The molecule has 7 heteroatoms. The number of aromatic nitrogens is 3. The van der Waals surface area contributed by atoms with E-state index in [0.717, 1.165) is 50.3 Å². The molecule has 0 aliphatic carbocycles. The van der Waals surface area contributed by atoms with Crippen LogP contribution in [-0.2, 0) is 6.42 Å². The fraction of sp³-hybridized carbons (Fsp3) is 0.500. The van der Waals surface area contributed by atoms with Crippen LogP contribution >= 0.6 is 0 Å².